The lowest BCUT2D eigenvalue weighted by atomic mass is 10.0. The van der Waals surface area contributed by atoms with Gasteiger partial charge >= 0.3 is 6.09 Å². The minimum atomic E-state index is -0.532. The number of β-amino-alcohol motifs (C(OH)–C–C–N with tert-alkyl or cyclic N) is 2. The van der Waals surface area contributed by atoms with Gasteiger partial charge in [0.2, 0.25) is 0 Å². The van der Waals surface area contributed by atoms with Crippen molar-refractivity contribution in [3.8, 4) is 0 Å². The number of benzene rings is 2. The first-order valence-corrected chi connectivity index (χ1v) is 12.8. The molecule has 2 aromatic rings. The molecular formula is C29H44Cl2N2O4. The molecule has 2 fully saturated rings. The number of amides is 1. The van der Waals surface area contributed by atoms with Crippen molar-refractivity contribution < 1.29 is 19.7 Å². The molecule has 4 rings (SSSR count). The molecule has 0 unspecified atom stereocenters. The van der Waals surface area contributed by atoms with Gasteiger partial charge in [0.25, 0.3) is 0 Å². The molecule has 0 spiro atoms. The van der Waals surface area contributed by atoms with Crippen molar-refractivity contribution in [1.29, 1.82) is 0 Å². The Morgan fingerprint density at radius 3 is 1.89 bits per heavy atom. The standard InChI is InChI=1S/C16H22ClNO3.C11H14ClNO.2CH4/c1-16(2,3)21-15(20)18-10-14(19)9-13(18)8-11-4-6-12(17)7-5-11;12-9-3-1-8(2-4-9)5-10-6-11(14)7-13-10;;/h4-7,13-14,19H,8-10H2,1-3H3;1-4,10-11,13-14H,5-7H2;2*1H4/t13-,14-;10-,11-;;/m00../s1. The SMILES string of the molecule is C.C.CC(C)(C)OC(=O)N1C[C@@H](O)C[C@@H]1Cc1ccc(Cl)cc1.O[C@@H]1CN[C@@H](Cc2ccc(Cl)cc2)C1. The zero-order valence-corrected chi connectivity index (χ0v) is 22.1. The molecule has 0 radical (unpaired) electrons. The van der Waals surface area contributed by atoms with Crippen molar-refractivity contribution in [2.45, 2.75) is 91.2 Å². The van der Waals surface area contributed by atoms with Crippen molar-refractivity contribution >= 4 is 29.3 Å². The number of rotatable bonds is 4. The molecule has 37 heavy (non-hydrogen) atoms. The number of aliphatic hydroxyl groups is 2. The summed E-state index contributed by atoms with van der Waals surface area (Å²) in [7, 11) is 0. The molecular weight excluding hydrogens is 511 g/mol. The van der Waals surface area contributed by atoms with Gasteiger partial charge in [-0.25, -0.2) is 4.79 Å². The third-order valence-corrected chi connectivity index (χ3v) is 6.50. The zero-order chi connectivity index (χ0) is 25.6. The number of hydrogen-bond acceptors (Lipinski definition) is 5. The lowest BCUT2D eigenvalue weighted by molar-refractivity contribution is 0.0208. The number of carbonyl (C=O) groups excluding carboxylic acids is 1. The monoisotopic (exact) mass is 554 g/mol. The maximum absolute atomic E-state index is 12.2. The number of nitrogens with zero attached hydrogens (tertiary/aromatic N) is 1. The average Bonchev–Trinajstić information content (AvgIpc) is 3.35. The first-order valence-electron chi connectivity index (χ1n) is 12.1. The Balaban J connectivity index is 0.000000375. The van der Waals surface area contributed by atoms with Gasteiger partial charge in [-0.3, -0.25) is 0 Å². The van der Waals surface area contributed by atoms with E-state index in [1.807, 2.05) is 69.3 Å². The van der Waals surface area contributed by atoms with Crippen molar-refractivity contribution in [3.05, 3.63) is 69.7 Å². The van der Waals surface area contributed by atoms with Crippen molar-refractivity contribution in [2.75, 3.05) is 13.1 Å². The smallest absolute Gasteiger partial charge is 0.410 e. The van der Waals surface area contributed by atoms with Gasteiger partial charge in [0.15, 0.2) is 0 Å². The van der Waals surface area contributed by atoms with Gasteiger partial charge in [-0.15, -0.1) is 0 Å². The first-order chi connectivity index (χ1) is 16.5. The fourth-order valence-electron chi connectivity index (χ4n) is 4.38. The summed E-state index contributed by atoms with van der Waals surface area (Å²) in [5.41, 5.74) is 1.82. The fraction of sp³-hybridized carbons (Fsp3) is 0.552. The number of halogens is 2. The van der Waals surface area contributed by atoms with E-state index in [0.29, 0.717) is 30.5 Å². The summed E-state index contributed by atoms with van der Waals surface area (Å²) >= 11 is 11.7. The van der Waals surface area contributed by atoms with E-state index in [2.05, 4.69) is 5.32 Å². The molecule has 2 saturated heterocycles. The highest BCUT2D eigenvalue weighted by molar-refractivity contribution is 6.30. The molecule has 2 aromatic carbocycles. The number of carbonyl (C=O) groups is 1. The zero-order valence-electron chi connectivity index (χ0n) is 20.6. The van der Waals surface area contributed by atoms with Crippen LogP contribution in [-0.2, 0) is 17.6 Å². The van der Waals surface area contributed by atoms with Crippen molar-refractivity contribution in [3.63, 3.8) is 0 Å². The Hall–Kier alpha value is -1.83. The second-order valence-corrected chi connectivity index (χ2v) is 11.2. The molecule has 0 bridgehead atoms. The van der Waals surface area contributed by atoms with Crippen molar-refractivity contribution in [1.82, 2.24) is 10.2 Å². The third kappa shape index (κ3) is 11.2. The topological polar surface area (TPSA) is 82.0 Å². The van der Waals surface area contributed by atoms with Crippen LogP contribution in [0.3, 0.4) is 0 Å². The van der Waals surface area contributed by atoms with Crippen LogP contribution in [0.15, 0.2) is 48.5 Å². The molecule has 3 N–H and O–H groups in total. The Morgan fingerprint density at radius 2 is 1.43 bits per heavy atom. The molecule has 6 nitrogen and oxygen atoms in total. The first kappa shape index (κ1) is 33.2. The van der Waals surface area contributed by atoms with Gasteiger partial charge in [0.1, 0.15) is 5.60 Å². The molecule has 0 aromatic heterocycles. The number of aliphatic hydroxyl groups excluding tert-OH is 2. The van der Waals surface area contributed by atoms with Crippen LogP contribution in [0.1, 0.15) is 59.6 Å². The van der Waals surface area contributed by atoms with Crippen LogP contribution in [0, 0.1) is 0 Å². The number of hydrogen-bond donors (Lipinski definition) is 3. The second kappa shape index (κ2) is 14.9. The highest BCUT2D eigenvalue weighted by atomic mass is 35.5. The van der Waals surface area contributed by atoms with E-state index in [1.54, 1.807) is 4.90 Å². The minimum absolute atomic E-state index is 0. The van der Waals surface area contributed by atoms with Crippen LogP contribution < -0.4 is 5.32 Å². The van der Waals surface area contributed by atoms with E-state index < -0.39 is 11.7 Å². The average molecular weight is 556 g/mol. The minimum Gasteiger partial charge on any atom is -0.444 e. The Morgan fingerprint density at radius 1 is 0.919 bits per heavy atom. The Kier molecular flexibility index (Phi) is 13.4. The van der Waals surface area contributed by atoms with Gasteiger partial charge in [0, 0.05) is 28.7 Å². The lowest BCUT2D eigenvalue weighted by Gasteiger charge is -2.28. The van der Waals surface area contributed by atoms with Crippen LogP contribution in [0.5, 0.6) is 0 Å². The molecule has 2 aliphatic heterocycles. The number of likely N-dealkylation sites (tertiary alicyclic amines) is 1. The molecule has 0 saturated carbocycles. The van der Waals surface area contributed by atoms with Gasteiger partial charge in [-0.05, 0) is 81.8 Å². The maximum Gasteiger partial charge on any atom is 0.410 e. The summed E-state index contributed by atoms with van der Waals surface area (Å²) in [5.74, 6) is 0. The van der Waals surface area contributed by atoms with E-state index in [9.17, 15) is 15.0 Å². The second-order valence-electron chi connectivity index (χ2n) is 10.3. The largest absolute Gasteiger partial charge is 0.444 e. The fourth-order valence-corrected chi connectivity index (χ4v) is 4.63. The molecule has 8 heteroatoms. The predicted molar refractivity (Wildman–Crippen MR) is 154 cm³/mol. The highest BCUT2D eigenvalue weighted by Gasteiger charge is 2.36. The molecule has 1 amide bonds. The third-order valence-electron chi connectivity index (χ3n) is 6.00. The Labute approximate surface area is 232 Å². The van der Waals surface area contributed by atoms with E-state index in [-0.39, 0.29) is 33.1 Å². The lowest BCUT2D eigenvalue weighted by Crippen LogP contribution is -2.41. The molecule has 2 aliphatic rings. The van der Waals surface area contributed by atoms with Gasteiger partial charge < -0.3 is 25.2 Å². The van der Waals surface area contributed by atoms with Crippen molar-refractivity contribution in [2.24, 2.45) is 0 Å². The van der Waals surface area contributed by atoms with E-state index in [4.69, 9.17) is 27.9 Å². The summed E-state index contributed by atoms with van der Waals surface area (Å²) in [6.07, 6.45) is 2.05. The Bertz CT molecular complexity index is 948. The van der Waals surface area contributed by atoms with Gasteiger partial charge in [-0.1, -0.05) is 62.3 Å². The normalized spacial score (nSPS) is 22.8. The van der Waals surface area contributed by atoms with Crippen LogP contribution in [0.25, 0.3) is 0 Å². The maximum atomic E-state index is 12.2. The number of nitrogens with one attached hydrogen (secondary N) is 1. The molecule has 4 atom stereocenters. The van der Waals surface area contributed by atoms with E-state index in [1.165, 1.54) is 5.56 Å². The van der Waals surface area contributed by atoms with Crippen LogP contribution in [0.2, 0.25) is 10.0 Å². The summed E-state index contributed by atoms with van der Waals surface area (Å²) in [6, 6.07) is 15.8. The van der Waals surface area contributed by atoms with Gasteiger partial charge in [0.05, 0.1) is 18.8 Å². The quantitative estimate of drug-likeness (QED) is 0.423. The molecule has 208 valence electrons. The van der Waals surface area contributed by atoms with Crippen LogP contribution >= 0.6 is 23.2 Å². The molecule has 0 aliphatic carbocycles. The predicted octanol–water partition coefficient (Wildman–Crippen LogP) is 6.13. The van der Waals surface area contributed by atoms with Gasteiger partial charge in [-0.2, -0.15) is 0 Å². The van der Waals surface area contributed by atoms with E-state index >= 15 is 0 Å². The van der Waals surface area contributed by atoms with Crippen LogP contribution in [-0.4, -0.2) is 64.2 Å². The van der Waals surface area contributed by atoms with Crippen LogP contribution in [0.4, 0.5) is 4.79 Å². The highest BCUT2D eigenvalue weighted by Crippen LogP contribution is 2.25. The molecule has 2 heterocycles. The summed E-state index contributed by atoms with van der Waals surface area (Å²) < 4.78 is 5.41. The number of ether oxygens (including phenoxy) is 1. The summed E-state index contributed by atoms with van der Waals surface area (Å²) in [4.78, 5) is 13.9. The summed E-state index contributed by atoms with van der Waals surface area (Å²) in [6.45, 7) is 6.56. The summed E-state index contributed by atoms with van der Waals surface area (Å²) in [5, 5.41) is 24.0. The van der Waals surface area contributed by atoms with E-state index in [0.717, 1.165) is 30.0 Å².